The van der Waals surface area contributed by atoms with Gasteiger partial charge in [-0.2, -0.15) is 0 Å². The fourth-order valence-electron chi connectivity index (χ4n) is 2.58. The first kappa shape index (κ1) is 21.0. The van der Waals surface area contributed by atoms with E-state index in [0.717, 1.165) is 16.6 Å². The third-order valence-electron chi connectivity index (χ3n) is 3.84. The van der Waals surface area contributed by atoms with Gasteiger partial charge in [0.25, 0.3) is 0 Å². The summed E-state index contributed by atoms with van der Waals surface area (Å²) < 4.78 is 44.2. The topological polar surface area (TPSA) is 75.7 Å². The smallest absolute Gasteiger partial charge is 0.248 e. The van der Waals surface area contributed by atoms with Crippen LogP contribution in [0.1, 0.15) is 13.3 Å². The van der Waals surface area contributed by atoms with Crippen molar-refractivity contribution in [1.29, 1.82) is 0 Å². The molecule has 146 valence electrons. The van der Waals surface area contributed by atoms with Gasteiger partial charge >= 0.3 is 0 Å². The van der Waals surface area contributed by atoms with Crippen LogP contribution in [0.4, 0.5) is 15.8 Å². The number of amides is 1. The third kappa shape index (κ3) is 5.11. The number of benzene rings is 2. The van der Waals surface area contributed by atoms with E-state index in [1.807, 2.05) is 0 Å². The Morgan fingerprint density at radius 3 is 2.37 bits per heavy atom. The molecule has 0 aliphatic heterocycles. The summed E-state index contributed by atoms with van der Waals surface area (Å²) in [6.45, 7) is 1.68. The molecule has 27 heavy (non-hydrogen) atoms. The highest BCUT2D eigenvalue weighted by atomic mass is 35.5. The quantitative estimate of drug-likeness (QED) is 0.750. The van der Waals surface area contributed by atoms with Crippen molar-refractivity contribution in [3.8, 4) is 5.75 Å². The Morgan fingerprint density at radius 2 is 1.89 bits per heavy atom. The van der Waals surface area contributed by atoms with Gasteiger partial charge < -0.3 is 10.1 Å². The number of nitrogens with one attached hydrogen (secondary N) is 1. The van der Waals surface area contributed by atoms with Gasteiger partial charge in [0, 0.05) is 5.69 Å². The maximum Gasteiger partial charge on any atom is 0.248 e. The molecule has 9 heteroatoms. The summed E-state index contributed by atoms with van der Waals surface area (Å²) >= 11 is 5.78. The van der Waals surface area contributed by atoms with Crippen LogP contribution < -0.4 is 14.4 Å². The van der Waals surface area contributed by atoms with Gasteiger partial charge in [0.2, 0.25) is 15.9 Å². The number of rotatable bonds is 7. The monoisotopic (exact) mass is 414 g/mol. The van der Waals surface area contributed by atoms with E-state index < -0.39 is 27.8 Å². The summed E-state index contributed by atoms with van der Waals surface area (Å²) in [7, 11) is -2.31. The van der Waals surface area contributed by atoms with Gasteiger partial charge in [0.1, 0.15) is 17.6 Å². The van der Waals surface area contributed by atoms with Gasteiger partial charge in [0.15, 0.2) is 0 Å². The van der Waals surface area contributed by atoms with Crippen molar-refractivity contribution < 1.29 is 22.3 Å². The first-order valence-electron chi connectivity index (χ1n) is 8.06. The van der Waals surface area contributed by atoms with Crippen LogP contribution in [-0.4, -0.2) is 33.7 Å². The fourth-order valence-corrected chi connectivity index (χ4v) is 3.96. The minimum absolute atomic E-state index is 0.112. The zero-order valence-electron chi connectivity index (χ0n) is 15.1. The van der Waals surface area contributed by atoms with Crippen molar-refractivity contribution in [2.24, 2.45) is 0 Å². The minimum atomic E-state index is -3.84. The number of nitrogens with zero attached hydrogens (tertiary/aromatic N) is 1. The molecule has 0 bridgehead atoms. The molecule has 0 saturated carbocycles. The molecule has 2 rings (SSSR count). The van der Waals surface area contributed by atoms with Crippen LogP contribution in [-0.2, 0) is 14.8 Å². The molecule has 2 aromatic rings. The lowest BCUT2D eigenvalue weighted by molar-refractivity contribution is -0.117. The van der Waals surface area contributed by atoms with Gasteiger partial charge in [-0.1, -0.05) is 18.5 Å². The highest BCUT2D eigenvalue weighted by Gasteiger charge is 2.32. The van der Waals surface area contributed by atoms with Crippen molar-refractivity contribution in [2.45, 2.75) is 19.4 Å². The van der Waals surface area contributed by atoms with Crippen LogP contribution in [0.5, 0.6) is 5.75 Å². The molecule has 1 atom stereocenters. The van der Waals surface area contributed by atoms with Gasteiger partial charge in [-0.3, -0.25) is 9.10 Å². The van der Waals surface area contributed by atoms with Gasteiger partial charge in [0.05, 0.1) is 24.1 Å². The van der Waals surface area contributed by atoms with E-state index in [4.69, 9.17) is 16.3 Å². The Bertz CT molecular complexity index is 919. The van der Waals surface area contributed by atoms with Crippen molar-refractivity contribution in [3.05, 3.63) is 53.3 Å². The van der Waals surface area contributed by atoms with E-state index in [2.05, 4.69) is 5.32 Å². The number of carbonyl (C=O) groups excluding carboxylic acids is 1. The highest BCUT2D eigenvalue weighted by Crippen LogP contribution is 2.28. The zero-order valence-corrected chi connectivity index (χ0v) is 16.6. The number of ether oxygens (including phenoxy) is 1. The summed E-state index contributed by atoms with van der Waals surface area (Å²) in [5, 5.41) is 2.45. The fraction of sp³-hybridized carbons (Fsp3) is 0.278. The molecule has 2 aromatic carbocycles. The van der Waals surface area contributed by atoms with E-state index in [0.29, 0.717) is 11.4 Å². The normalized spacial score (nSPS) is 12.3. The van der Waals surface area contributed by atoms with Gasteiger partial charge in [-0.25, -0.2) is 12.8 Å². The largest absolute Gasteiger partial charge is 0.497 e. The predicted molar refractivity (Wildman–Crippen MR) is 104 cm³/mol. The molecule has 0 saturated heterocycles. The van der Waals surface area contributed by atoms with Crippen LogP contribution in [0.2, 0.25) is 5.02 Å². The lowest BCUT2D eigenvalue weighted by atomic mass is 10.1. The molecule has 0 heterocycles. The molecular weight excluding hydrogens is 395 g/mol. The molecule has 0 aromatic heterocycles. The Balaban J connectivity index is 2.36. The number of methoxy groups -OCH3 is 1. The second-order valence-corrected chi connectivity index (χ2v) is 8.07. The molecule has 1 amide bonds. The van der Waals surface area contributed by atoms with E-state index in [1.54, 1.807) is 31.2 Å². The third-order valence-corrected chi connectivity index (χ3v) is 5.31. The van der Waals surface area contributed by atoms with E-state index in [9.17, 15) is 17.6 Å². The molecule has 1 N–H and O–H groups in total. The molecule has 0 radical (unpaired) electrons. The first-order chi connectivity index (χ1) is 12.7. The summed E-state index contributed by atoms with van der Waals surface area (Å²) in [6, 6.07) is 9.10. The predicted octanol–water partition coefficient (Wildman–Crippen LogP) is 3.67. The Labute approximate surface area is 162 Å². The maximum atomic E-state index is 13.5. The Kier molecular flexibility index (Phi) is 6.67. The summed E-state index contributed by atoms with van der Waals surface area (Å²) in [5.74, 6) is -0.572. The van der Waals surface area contributed by atoms with Crippen molar-refractivity contribution in [1.82, 2.24) is 0 Å². The molecule has 0 spiro atoms. The summed E-state index contributed by atoms with van der Waals surface area (Å²) in [4.78, 5) is 12.8. The lowest BCUT2D eigenvalue weighted by Gasteiger charge is -2.30. The van der Waals surface area contributed by atoms with Gasteiger partial charge in [-0.15, -0.1) is 0 Å². The number of carbonyl (C=O) groups is 1. The van der Waals surface area contributed by atoms with Crippen molar-refractivity contribution >= 4 is 38.9 Å². The van der Waals surface area contributed by atoms with E-state index in [-0.39, 0.29) is 17.1 Å². The average Bonchev–Trinajstić information content (AvgIpc) is 2.61. The number of hydrogen-bond acceptors (Lipinski definition) is 4. The number of sulfonamides is 1. The Hall–Kier alpha value is -2.32. The summed E-state index contributed by atoms with van der Waals surface area (Å²) in [5.41, 5.74) is 0.602. The summed E-state index contributed by atoms with van der Waals surface area (Å²) in [6.07, 6.45) is 1.18. The second-order valence-electron chi connectivity index (χ2n) is 5.80. The number of hydrogen-bond donors (Lipinski definition) is 1. The number of halogens is 2. The van der Waals surface area contributed by atoms with E-state index >= 15 is 0 Å². The zero-order chi connectivity index (χ0) is 20.2. The van der Waals surface area contributed by atoms with Crippen LogP contribution in [0.3, 0.4) is 0 Å². The highest BCUT2D eigenvalue weighted by molar-refractivity contribution is 7.92. The number of anilines is 2. The second kappa shape index (κ2) is 8.58. The van der Waals surface area contributed by atoms with Crippen LogP contribution in [0.25, 0.3) is 0 Å². The molecule has 0 aliphatic carbocycles. The SMILES string of the molecule is CC[C@H](C(=O)Nc1ccc(OC)cc1)N(c1ccc(F)c(Cl)c1)S(C)(=O)=O. The van der Waals surface area contributed by atoms with Crippen LogP contribution in [0.15, 0.2) is 42.5 Å². The van der Waals surface area contributed by atoms with Crippen molar-refractivity contribution in [2.75, 3.05) is 23.0 Å². The lowest BCUT2D eigenvalue weighted by Crippen LogP contribution is -2.47. The molecule has 6 nitrogen and oxygen atoms in total. The standard InChI is InChI=1S/C18H20ClFN2O4S/c1-4-17(18(23)21-12-5-8-14(26-2)9-6-12)22(27(3,24)25)13-7-10-16(20)15(19)11-13/h5-11,17H,4H2,1-3H3,(H,21,23)/t17-/m1/s1. The average molecular weight is 415 g/mol. The minimum Gasteiger partial charge on any atom is -0.497 e. The molecular formula is C18H20ClFN2O4S. The molecule has 0 unspecified atom stereocenters. The Morgan fingerprint density at radius 1 is 1.26 bits per heavy atom. The van der Waals surface area contributed by atoms with Crippen LogP contribution in [0, 0.1) is 5.82 Å². The molecule has 0 fully saturated rings. The van der Waals surface area contributed by atoms with Gasteiger partial charge in [-0.05, 0) is 48.9 Å². The van der Waals surface area contributed by atoms with Crippen molar-refractivity contribution in [3.63, 3.8) is 0 Å². The maximum absolute atomic E-state index is 13.5. The molecule has 0 aliphatic rings. The van der Waals surface area contributed by atoms with E-state index in [1.165, 1.54) is 19.2 Å². The first-order valence-corrected chi connectivity index (χ1v) is 10.3. The van der Waals surface area contributed by atoms with Crippen LogP contribution >= 0.6 is 11.6 Å².